The van der Waals surface area contributed by atoms with Gasteiger partial charge in [-0.15, -0.1) is 0 Å². The summed E-state index contributed by atoms with van der Waals surface area (Å²) < 4.78 is 3.38. The number of carbonyl (C=O) groups is 3. The summed E-state index contributed by atoms with van der Waals surface area (Å²) in [5, 5.41) is 15.7. The summed E-state index contributed by atoms with van der Waals surface area (Å²) in [6.45, 7) is 4.89. The Balaban J connectivity index is 1.56. The van der Waals surface area contributed by atoms with Crippen LogP contribution >= 0.6 is 0 Å². The number of aromatic nitrogens is 4. The van der Waals surface area contributed by atoms with E-state index in [4.69, 9.17) is 0 Å². The van der Waals surface area contributed by atoms with E-state index in [1.807, 2.05) is 10.8 Å². The van der Waals surface area contributed by atoms with Crippen LogP contribution in [0, 0.1) is 6.92 Å². The number of nitrogens with one attached hydrogen (secondary N) is 4. The van der Waals surface area contributed by atoms with Crippen LogP contribution in [0.1, 0.15) is 44.6 Å². The van der Waals surface area contributed by atoms with E-state index in [9.17, 15) is 14.4 Å². The number of hydrogen-bond donors (Lipinski definition) is 4. The average molecular weight is 416 g/mol. The maximum Gasteiger partial charge on any atom is 0.314 e. The van der Waals surface area contributed by atoms with E-state index in [1.165, 1.54) is 4.68 Å². The second kappa shape index (κ2) is 10.0. The van der Waals surface area contributed by atoms with E-state index in [0.29, 0.717) is 37.4 Å². The fourth-order valence-electron chi connectivity index (χ4n) is 3.37. The fraction of sp³-hybridized carbons (Fsp3) is 0.526. The van der Waals surface area contributed by atoms with Crippen LogP contribution in [0.4, 0.5) is 5.82 Å². The van der Waals surface area contributed by atoms with Crippen LogP contribution in [0.3, 0.4) is 0 Å². The van der Waals surface area contributed by atoms with Gasteiger partial charge < -0.3 is 20.5 Å². The van der Waals surface area contributed by atoms with Gasteiger partial charge in [-0.1, -0.05) is 13.3 Å². The zero-order chi connectivity index (χ0) is 21.5. The molecule has 30 heavy (non-hydrogen) atoms. The minimum Gasteiger partial charge on any atom is -0.348 e. The molecule has 4 N–H and O–H groups in total. The third-order valence-electron chi connectivity index (χ3n) is 4.75. The third-order valence-corrected chi connectivity index (χ3v) is 4.75. The Hall–Kier alpha value is -3.21. The summed E-state index contributed by atoms with van der Waals surface area (Å²) >= 11 is 0. The molecule has 3 heterocycles. The van der Waals surface area contributed by atoms with Crippen LogP contribution in [-0.4, -0.2) is 49.6 Å². The highest BCUT2D eigenvalue weighted by molar-refractivity contribution is 6.39. The van der Waals surface area contributed by atoms with E-state index < -0.39 is 18.1 Å². The molecule has 1 aliphatic rings. The number of nitrogens with zero attached hydrogens (tertiary/aromatic N) is 4. The summed E-state index contributed by atoms with van der Waals surface area (Å²) in [6.07, 6.45) is 7.49. The molecule has 0 aliphatic carbocycles. The van der Waals surface area contributed by atoms with Crippen molar-refractivity contribution in [2.75, 3.05) is 11.9 Å². The van der Waals surface area contributed by atoms with Crippen molar-refractivity contribution < 1.29 is 14.4 Å². The smallest absolute Gasteiger partial charge is 0.314 e. The normalized spacial score (nSPS) is 18.7. The van der Waals surface area contributed by atoms with Crippen LogP contribution in [0.2, 0.25) is 0 Å². The first-order chi connectivity index (χ1) is 14.5. The summed E-state index contributed by atoms with van der Waals surface area (Å²) in [6, 6.07) is 1.68. The molecule has 1 aliphatic heterocycles. The molecule has 0 saturated carbocycles. The SMILES string of the molecule is CCCC1CC(=O)NC(n2nc(C)cc2NC(=O)C(=O)NCCCn2ccnc2)N1. The minimum absolute atomic E-state index is 0.0283. The van der Waals surface area contributed by atoms with Gasteiger partial charge in [0.2, 0.25) is 5.91 Å². The number of hydrogen-bond acceptors (Lipinski definition) is 6. The lowest BCUT2D eigenvalue weighted by Gasteiger charge is -2.32. The number of carbonyl (C=O) groups excluding carboxylic acids is 3. The van der Waals surface area contributed by atoms with Crippen molar-refractivity contribution >= 4 is 23.5 Å². The molecule has 3 amide bonds. The quantitative estimate of drug-likeness (QED) is 0.360. The number of imidazole rings is 1. The van der Waals surface area contributed by atoms with Crippen LogP contribution in [0.5, 0.6) is 0 Å². The lowest BCUT2D eigenvalue weighted by Crippen LogP contribution is -2.53. The van der Waals surface area contributed by atoms with Crippen LogP contribution in [0.15, 0.2) is 24.8 Å². The van der Waals surface area contributed by atoms with Crippen molar-refractivity contribution in [1.82, 2.24) is 35.3 Å². The van der Waals surface area contributed by atoms with E-state index in [1.54, 1.807) is 25.5 Å². The molecule has 0 spiro atoms. The lowest BCUT2D eigenvalue weighted by molar-refractivity contribution is -0.136. The van der Waals surface area contributed by atoms with E-state index in [-0.39, 0.29) is 11.9 Å². The standard InChI is InChI=1S/C19H28N8O3/c1-3-5-14-11-16(28)24-19(22-14)27-15(10-13(2)25-27)23-18(30)17(29)21-6-4-8-26-9-7-20-12-26/h7,9-10,12,14,19,22H,3-6,8,11H2,1-2H3,(H,21,29)(H,23,30)(H,24,28). The zero-order valence-corrected chi connectivity index (χ0v) is 17.2. The summed E-state index contributed by atoms with van der Waals surface area (Å²) in [5.74, 6) is -1.26. The second-order valence-corrected chi connectivity index (χ2v) is 7.31. The number of anilines is 1. The maximum atomic E-state index is 12.3. The Bertz CT molecular complexity index is 876. The predicted molar refractivity (Wildman–Crippen MR) is 109 cm³/mol. The fourth-order valence-corrected chi connectivity index (χ4v) is 3.37. The van der Waals surface area contributed by atoms with Gasteiger partial charge >= 0.3 is 11.8 Å². The largest absolute Gasteiger partial charge is 0.348 e. The van der Waals surface area contributed by atoms with E-state index in [2.05, 4.69) is 38.3 Å². The first-order valence-corrected chi connectivity index (χ1v) is 10.1. The molecule has 11 heteroatoms. The first-order valence-electron chi connectivity index (χ1n) is 10.1. The Morgan fingerprint density at radius 2 is 2.17 bits per heavy atom. The topological polar surface area (TPSA) is 135 Å². The van der Waals surface area contributed by atoms with Gasteiger partial charge in [-0.3, -0.25) is 19.7 Å². The van der Waals surface area contributed by atoms with Crippen molar-refractivity contribution in [3.63, 3.8) is 0 Å². The third kappa shape index (κ3) is 5.66. The Morgan fingerprint density at radius 1 is 1.33 bits per heavy atom. The summed E-state index contributed by atoms with van der Waals surface area (Å²) in [4.78, 5) is 40.5. The summed E-state index contributed by atoms with van der Waals surface area (Å²) in [7, 11) is 0. The predicted octanol–water partition coefficient (Wildman–Crippen LogP) is 0.267. The molecule has 0 radical (unpaired) electrons. The Morgan fingerprint density at radius 3 is 2.90 bits per heavy atom. The molecule has 11 nitrogen and oxygen atoms in total. The highest BCUT2D eigenvalue weighted by atomic mass is 16.2. The van der Waals surface area contributed by atoms with Crippen molar-refractivity contribution in [3.05, 3.63) is 30.5 Å². The van der Waals surface area contributed by atoms with E-state index >= 15 is 0 Å². The van der Waals surface area contributed by atoms with Crippen molar-refractivity contribution in [3.8, 4) is 0 Å². The summed E-state index contributed by atoms with van der Waals surface area (Å²) in [5.41, 5.74) is 0.653. The Kier molecular flexibility index (Phi) is 7.17. The average Bonchev–Trinajstić information content (AvgIpc) is 3.34. The molecule has 1 fully saturated rings. The Labute approximate surface area is 174 Å². The number of rotatable bonds is 8. The molecule has 2 atom stereocenters. The first kappa shape index (κ1) is 21.5. The van der Waals surface area contributed by atoms with Gasteiger partial charge in [0, 0.05) is 44.0 Å². The molecular weight excluding hydrogens is 388 g/mol. The van der Waals surface area contributed by atoms with E-state index in [0.717, 1.165) is 12.8 Å². The van der Waals surface area contributed by atoms with Gasteiger partial charge in [-0.2, -0.15) is 5.10 Å². The van der Waals surface area contributed by atoms with Gasteiger partial charge in [0.15, 0.2) is 6.29 Å². The van der Waals surface area contributed by atoms with Crippen LogP contribution in [0.25, 0.3) is 0 Å². The zero-order valence-electron chi connectivity index (χ0n) is 17.2. The molecule has 1 saturated heterocycles. The number of aryl methyl sites for hydroxylation is 2. The van der Waals surface area contributed by atoms with Crippen molar-refractivity contribution in [1.29, 1.82) is 0 Å². The van der Waals surface area contributed by atoms with Gasteiger partial charge in [-0.05, 0) is 19.8 Å². The molecular formula is C19H28N8O3. The molecule has 2 unspecified atom stereocenters. The van der Waals surface area contributed by atoms with Gasteiger partial charge in [0.05, 0.1) is 12.0 Å². The monoisotopic (exact) mass is 416 g/mol. The minimum atomic E-state index is -0.786. The van der Waals surface area contributed by atoms with Gasteiger partial charge in [0.1, 0.15) is 5.82 Å². The second-order valence-electron chi connectivity index (χ2n) is 7.31. The highest BCUT2D eigenvalue weighted by Gasteiger charge is 2.29. The molecule has 162 valence electrons. The molecule has 0 bridgehead atoms. The van der Waals surface area contributed by atoms with Gasteiger partial charge in [0.25, 0.3) is 0 Å². The molecule has 2 aromatic heterocycles. The number of amides is 3. The van der Waals surface area contributed by atoms with Crippen LogP contribution < -0.4 is 21.3 Å². The lowest BCUT2D eigenvalue weighted by atomic mass is 10.1. The maximum absolute atomic E-state index is 12.3. The van der Waals surface area contributed by atoms with Gasteiger partial charge in [-0.25, -0.2) is 9.67 Å². The highest BCUT2D eigenvalue weighted by Crippen LogP contribution is 2.18. The molecule has 0 aromatic carbocycles. The van der Waals surface area contributed by atoms with Crippen LogP contribution in [-0.2, 0) is 20.9 Å². The van der Waals surface area contributed by atoms with Crippen molar-refractivity contribution in [2.45, 2.75) is 58.4 Å². The molecule has 3 rings (SSSR count). The molecule has 2 aromatic rings. The van der Waals surface area contributed by atoms with Crippen molar-refractivity contribution in [2.24, 2.45) is 0 Å².